The smallest absolute Gasteiger partial charge is 0.162 e. The fourth-order valence-corrected chi connectivity index (χ4v) is 6.33. The van der Waals surface area contributed by atoms with Crippen LogP contribution < -0.4 is 0 Å². The fourth-order valence-electron chi connectivity index (χ4n) is 4.99. The Labute approximate surface area is 218 Å². The molecule has 1 saturated heterocycles. The second kappa shape index (κ2) is 11.0. The topological polar surface area (TPSA) is 23.6 Å². The van der Waals surface area contributed by atoms with E-state index in [2.05, 4.69) is 9.80 Å². The lowest BCUT2D eigenvalue weighted by atomic mass is 9.96. The van der Waals surface area contributed by atoms with Crippen LogP contribution in [-0.4, -0.2) is 48.3 Å². The van der Waals surface area contributed by atoms with E-state index in [-0.39, 0.29) is 28.5 Å². The van der Waals surface area contributed by atoms with Gasteiger partial charge in [0.25, 0.3) is 0 Å². The van der Waals surface area contributed by atoms with Crippen molar-refractivity contribution in [1.29, 1.82) is 0 Å². The minimum Gasteiger partial charge on any atom is -0.301 e. The number of hydrogen-bond acceptors (Lipinski definition) is 4. The largest absolute Gasteiger partial charge is 0.301 e. The fraction of sp³-hybridized carbons (Fsp3) is 0.321. The highest BCUT2D eigenvalue weighted by atomic mass is 35.5. The zero-order valence-electron chi connectivity index (χ0n) is 19.7. The molecule has 3 aromatic carbocycles. The van der Waals surface area contributed by atoms with Gasteiger partial charge in [-0.2, -0.15) is 0 Å². The number of Topliss-reactive ketones (excluding diaryl/α,β-unsaturated/α-hetero) is 1. The quantitative estimate of drug-likeness (QED) is 0.327. The Bertz CT molecular complexity index is 1260. The molecule has 0 radical (unpaired) electrons. The normalized spacial score (nSPS) is 18.4. The summed E-state index contributed by atoms with van der Waals surface area (Å²) in [5.41, 5.74) is 2.56. The van der Waals surface area contributed by atoms with E-state index in [1.807, 2.05) is 6.07 Å². The summed E-state index contributed by atoms with van der Waals surface area (Å²) in [5.74, 6) is -1.09. The summed E-state index contributed by atoms with van der Waals surface area (Å²) in [5, 5.41) is 0.0981. The maximum Gasteiger partial charge on any atom is 0.162 e. The van der Waals surface area contributed by atoms with Gasteiger partial charge < -0.3 is 4.90 Å². The summed E-state index contributed by atoms with van der Waals surface area (Å²) in [4.78, 5) is 18.7. The third kappa shape index (κ3) is 5.65. The Morgan fingerprint density at radius 1 is 0.917 bits per heavy atom. The molecular formula is C28H26ClF3N2OS. The summed E-state index contributed by atoms with van der Waals surface area (Å²) in [6.07, 6.45) is 1.87. The molecule has 0 spiro atoms. The van der Waals surface area contributed by atoms with Gasteiger partial charge in [-0.05, 0) is 79.0 Å². The Morgan fingerprint density at radius 2 is 1.64 bits per heavy atom. The Hall–Kier alpha value is -2.32. The Kier molecular flexibility index (Phi) is 7.72. The van der Waals surface area contributed by atoms with Crippen LogP contribution in [0.5, 0.6) is 0 Å². The molecular weight excluding hydrogens is 505 g/mol. The zero-order chi connectivity index (χ0) is 25.2. The van der Waals surface area contributed by atoms with Crippen LogP contribution in [-0.2, 0) is 6.42 Å². The van der Waals surface area contributed by atoms with Crippen molar-refractivity contribution >= 4 is 29.1 Å². The van der Waals surface area contributed by atoms with Crippen molar-refractivity contribution in [3.05, 3.63) is 93.8 Å². The van der Waals surface area contributed by atoms with Crippen molar-refractivity contribution in [1.82, 2.24) is 9.80 Å². The van der Waals surface area contributed by atoms with Gasteiger partial charge in [0.1, 0.15) is 17.5 Å². The minimum atomic E-state index is -0.471. The molecule has 1 atom stereocenters. The van der Waals surface area contributed by atoms with E-state index < -0.39 is 5.82 Å². The van der Waals surface area contributed by atoms with Gasteiger partial charge in [0.05, 0.1) is 5.02 Å². The van der Waals surface area contributed by atoms with Gasteiger partial charge in [-0.25, -0.2) is 13.2 Å². The van der Waals surface area contributed by atoms with E-state index in [1.54, 1.807) is 6.07 Å². The maximum absolute atomic E-state index is 14.3. The molecule has 3 aromatic rings. The van der Waals surface area contributed by atoms with Crippen molar-refractivity contribution < 1.29 is 18.0 Å². The molecule has 0 bridgehead atoms. The molecule has 0 unspecified atom stereocenters. The summed E-state index contributed by atoms with van der Waals surface area (Å²) in [7, 11) is 0. The third-order valence-corrected chi connectivity index (χ3v) is 8.43. The highest BCUT2D eigenvalue weighted by molar-refractivity contribution is 7.99. The number of fused-ring (bicyclic) bond motifs is 2. The molecule has 3 nitrogen and oxygen atoms in total. The van der Waals surface area contributed by atoms with E-state index >= 15 is 0 Å². The zero-order valence-corrected chi connectivity index (χ0v) is 21.2. The van der Waals surface area contributed by atoms with Gasteiger partial charge in [0, 0.05) is 54.0 Å². The number of carbonyl (C=O) groups is 1. The molecule has 0 aliphatic carbocycles. The highest BCUT2D eigenvalue weighted by Gasteiger charge is 2.31. The predicted molar refractivity (Wildman–Crippen MR) is 136 cm³/mol. The Balaban J connectivity index is 1.23. The highest BCUT2D eigenvalue weighted by Crippen LogP contribution is 2.44. The van der Waals surface area contributed by atoms with Crippen LogP contribution in [0.3, 0.4) is 0 Å². The van der Waals surface area contributed by atoms with E-state index in [0.717, 1.165) is 60.1 Å². The number of carbonyl (C=O) groups excluding carboxylic acids is 1. The molecule has 5 rings (SSSR count). The van der Waals surface area contributed by atoms with Gasteiger partial charge in [-0.15, -0.1) is 0 Å². The standard InChI is InChI=1S/C28H26ClF3N2OS/c29-23-16-22-25(14-19-5-8-21(31)15-27(19)36-28(22)17-24(23)32)34-12-10-33(11-13-34)9-1-2-26(35)18-3-6-20(30)7-4-18/h3-8,15-17,25H,1-2,9-14H2/t25-/m1/s1. The first-order chi connectivity index (χ1) is 17.4. The van der Waals surface area contributed by atoms with Crippen LogP contribution in [0, 0.1) is 17.5 Å². The Morgan fingerprint density at radius 3 is 2.39 bits per heavy atom. The van der Waals surface area contributed by atoms with Crippen molar-refractivity contribution in [3.63, 3.8) is 0 Å². The first kappa shape index (κ1) is 25.3. The molecule has 2 aliphatic rings. The molecule has 0 aromatic heterocycles. The van der Waals surface area contributed by atoms with Gasteiger partial charge in [0.2, 0.25) is 0 Å². The van der Waals surface area contributed by atoms with Crippen LogP contribution in [0.25, 0.3) is 0 Å². The van der Waals surface area contributed by atoms with Gasteiger partial charge >= 0.3 is 0 Å². The van der Waals surface area contributed by atoms with Crippen molar-refractivity contribution in [2.75, 3.05) is 32.7 Å². The number of nitrogens with zero attached hydrogens (tertiary/aromatic N) is 2. The number of benzene rings is 3. The number of piperazine rings is 1. The minimum absolute atomic E-state index is 0.0134. The molecule has 36 heavy (non-hydrogen) atoms. The van der Waals surface area contributed by atoms with Crippen LogP contribution >= 0.6 is 23.4 Å². The summed E-state index contributed by atoms with van der Waals surface area (Å²) >= 11 is 7.57. The molecule has 0 saturated carbocycles. The monoisotopic (exact) mass is 530 g/mol. The van der Waals surface area contributed by atoms with Crippen molar-refractivity contribution in [2.45, 2.75) is 35.1 Å². The summed E-state index contributed by atoms with van der Waals surface area (Å²) < 4.78 is 41.4. The molecule has 0 amide bonds. The second-order valence-corrected chi connectivity index (χ2v) is 10.8. The molecule has 188 valence electrons. The van der Waals surface area contributed by atoms with Gasteiger partial charge in [0.15, 0.2) is 5.78 Å². The van der Waals surface area contributed by atoms with E-state index in [4.69, 9.17) is 11.6 Å². The maximum atomic E-state index is 14.3. The van der Waals surface area contributed by atoms with Crippen molar-refractivity contribution in [3.8, 4) is 0 Å². The van der Waals surface area contributed by atoms with Crippen LogP contribution in [0.4, 0.5) is 13.2 Å². The van der Waals surface area contributed by atoms with Gasteiger partial charge in [-0.1, -0.05) is 29.4 Å². The summed E-state index contributed by atoms with van der Waals surface area (Å²) in [6.45, 7) is 4.18. The number of hydrogen-bond donors (Lipinski definition) is 0. The first-order valence-electron chi connectivity index (χ1n) is 12.1. The van der Waals surface area contributed by atoms with E-state index in [9.17, 15) is 18.0 Å². The first-order valence-corrected chi connectivity index (χ1v) is 13.3. The lowest BCUT2D eigenvalue weighted by Crippen LogP contribution is -2.48. The average molecular weight is 531 g/mol. The van der Waals surface area contributed by atoms with E-state index in [0.29, 0.717) is 18.4 Å². The molecule has 0 N–H and O–H groups in total. The SMILES string of the molecule is O=C(CCCN1CCN([C@@H]2Cc3ccc(F)cc3Sc3cc(F)c(Cl)cc32)CC1)c1ccc(F)cc1. The molecule has 1 fully saturated rings. The number of rotatable bonds is 6. The number of ketones is 1. The second-order valence-electron chi connectivity index (χ2n) is 9.29. The van der Waals surface area contributed by atoms with Crippen LogP contribution in [0.1, 0.15) is 40.4 Å². The molecule has 2 aliphatic heterocycles. The van der Waals surface area contributed by atoms with Gasteiger partial charge in [-0.3, -0.25) is 9.69 Å². The van der Waals surface area contributed by atoms with E-state index in [1.165, 1.54) is 54.2 Å². The lowest BCUT2D eigenvalue weighted by molar-refractivity contribution is 0.0888. The third-order valence-electron chi connectivity index (χ3n) is 6.97. The molecule has 8 heteroatoms. The average Bonchev–Trinajstić information content (AvgIpc) is 3.01. The lowest BCUT2D eigenvalue weighted by Gasteiger charge is -2.39. The predicted octanol–water partition coefficient (Wildman–Crippen LogP) is 6.79. The summed E-state index contributed by atoms with van der Waals surface area (Å²) in [6, 6.07) is 13.7. The van der Waals surface area contributed by atoms with Crippen LogP contribution in [0.15, 0.2) is 64.4 Å². The number of halogens is 4. The van der Waals surface area contributed by atoms with Crippen LogP contribution in [0.2, 0.25) is 5.02 Å². The molecule has 2 heterocycles. The van der Waals surface area contributed by atoms with Crippen molar-refractivity contribution in [2.24, 2.45) is 0 Å².